The Labute approximate surface area is 78.8 Å². The third-order valence-electron chi connectivity index (χ3n) is 2.20. The maximum absolute atomic E-state index is 10.9. The van der Waals surface area contributed by atoms with Crippen molar-refractivity contribution in [2.45, 2.75) is 44.9 Å². The highest BCUT2D eigenvalue weighted by atomic mass is 16.5. The number of ether oxygens (including phenoxy) is 1. The number of hydrogen-bond donors (Lipinski definition) is 2. The highest BCUT2D eigenvalue weighted by Crippen LogP contribution is 2.13. The molecule has 0 bridgehead atoms. The van der Waals surface area contributed by atoms with E-state index in [0.29, 0.717) is 18.7 Å². The fourth-order valence-corrected chi connectivity index (χ4v) is 1.61. The molecular weight excluding hydrogens is 168 g/mol. The van der Waals surface area contributed by atoms with Crippen LogP contribution in [-0.2, 0) is 9.53 Å². The van der Waals surface area contributed by atoms with Gasteiger partial charge >= 0.3 is 5.91 Å². The molecule has 1 aliphatic heterocycles. The molecule has 2 unspecified atom stereocenters. The zero-order valence-electron chi connectivity index (χ0n) is 8.38. The predicted octanol–water partition coefficient (Wildman–Crippen LogP) is -0.699. The maximum Gasteiger partial charge on any atom is 0.337 e. The Kier molecular flexibility index (Phi) is 3.84. The molecule has 0 spiro atoms. The van der Waals surface area contributed by atoms with Crippen LogP contribution in [0.4, 0.5) is 0 Å². The minimum absolute atomic E-state index is 0.0944. The molecule has 1 saturated heterocycles. The number of carbonyl (C=O) groups excluding carboxylic acids is 1. The first-order chi connectivity index (χ1) is 6.09. The number of rotatable bonds is 3. The largest absolute Gasteiger partial charge is 0.362 e. The topological polar surface area (TPSA) is 66.0 Å². The van der Waals surface area contributed by atoms with Gasteiger partial charge in [0, 0.05) is 12.1 Å². The van der Waals surface area contributed by atoms with Crippen LogP contribution in [0.25, 0.3) is 0 Å². The fraction of sp³-hybridized carbons (Fsp3) is 0.889. The molecule has 4 nitrogen and oxygen atoms in total. The van der Waals surface area contributed by atoms with Crippen LogP contribution in [-0.4, -0.2) is 30.7 Å². The van der Waals surface area contributed by atoms with Crippen molar-refractivity contribution in [1.29, 1.82) is 0 Å². The lowest BCUT2D eigenvalue weighted by Gasteiger charge is -2.28. The second-order valence-electron chi connectivity index (χ2n) is 3.88. The number of carbonyl (C=O) groups is 1. The number of hydrogen-bond acceptors (Lipinski definition) is 3. The summed E-state index contributed by atoms with van der Waals surface area (Å²) in [6.45, 7) is 4.85. The summed E-state index contributed by atoms with van der Waals surface area (Å²) in [6.07, 6.45) is 1.54. The van der Waals surface area contributed by atoms with E-state index in [1.807, 2.05) is 0 Å². The van der Waals surface area contributed by atoms with Crippen LogP contribution in [0.2, 0.25) is 0 Å². The van der Waals surface area contributed by atoms with Crippen molar-refractivity contribution in [2.75, 3.05) is 6.61 Å². The van der Waals surface area contributed by atoms with E-state index in [0.717, 1.165) is 12.8 Å². The minimum Gasteiger partial charge on any atom is -0.362 e. The fourth-order valence-electron chi connectivity index (χ4n) is 1.61. The van der Waals surface area contributed by atoms with Crippen molar-refractivity contribution in [3.8, 4) is 0 Å². The van der Waals surface area contributed by atoms with E-state index in [-0.39, 0.29) is 12.0 Å². The summed E-state index contributed by atoms with van der Waals surface area (Å²) in [4.78, 5) is 10.9. The van der Waals surface area contributed by atoms with Gasteiger partial charge in [0.1, 0.15) is 0 Å². The van der Waals surface area contributed by atoms with Crippen molar-refractivity contribution in [2.24, 2.45) is 0 Å². The highest BCUT2D eigenvalue weighted by Gasteiger charge is 2.27. The Morgan fingerprint density at radius 1 is 1.54 bits per heavy atom. The van der Waals surface area contributed by atoms with E-state index in [9.17, 15) is 4.79 Å². The molecule has 2 atom stereocenters. The lowest BCUT2D eigenvalue weighted by atomic mass is 10.0. The Hall–Kier alpha value is -0.450. The molecule has 0 aromatic rings. The van der Waals surface area contributed by atoms with Crippen LogP contribution < -0.4 is 11.1 Å². The normalized spacial score (nSPS) is 29.2. The van der Waals surface area contributed by atoms with Gasteiger partial charge in [0.2, 0.25) is 0 Å². The highest BCUT2D eigenvalue weighted by molar-refractivity contribution is 5.70. The molecule has 13 heavy (non-hydrogen) atoms. The van der Waals surface area contributed by atoms with Gasteiger partial charge in [-0.3, -0.25) is 5.73 Å². The van der Waals surface area contributed by atoms with Crippen LogP contribution in [0, 0.1) is 0 Å². The van der Waals surface area contributed by atoms with Gasteiger partial charge in [-0.1, -0.05) is 13.8 Å². The smallest absolute Gasteiger partial charge is 0.337 e. The van der Waals surface area contributed by atoms with E-state index in [4.69, 9.17) is 4.74 Å². The molecule has 76 valence electrons. The summed E-state index contributed by atoms with van der Waals surface area (Å²) in [7, 11) is 0. The average Bonchev–Trinajstić information content (AvgIpc) is 2.04. The molecule has 0 saturated carbocycles. The summed E-state index contributed by atoms with van der Waals surface area (Å²) in [5.74, 6) is -0.0944. The van der Waals surface area contributed by atoms with E-state index < -0.39 is 0 Å². The molecule has 1 heterocycles. The zero-order valence-corrected chi connectivity index (χ0v) is 8.38. The Morgan fingerprint density at radius 2 is 2.23 bits per heavy atom. The van der Waals surface area contributed by atoms with Gasteiger partial charge in [-0.15, -0.1) is 0 Å². The average molecular weight is 187 g/mol. The van der Waals surface area contributed by atoms with Crippen molar-refractivity contribution >= 4 is 5.91 Å². The number of amides is 1. The van der Waals surface area contributed by atoms with Crippen molar-refractivity contribution in [3.63, 3.8) is 0 Å². The molecule has 0 radical (unpaired) electrons. The number of nitrogens with one attached hydrogen (secondary N) is 1. The summed E-state index contributed by atoms with van der Waals surface area (Å²) < 4.78 is 5.38. The lowest BCUT2D eigenvalue weighted by Crippen LogP contribution is -2.64. The predicted molar refractivity (Wildman–Crippen MR) is 48.9 cm³/mol. The molecule has 4 heteroatoms. The lowest BCUT2D eigenvalue weighted by molar-refractivity contribution is -0.318. The standard InChI is InChI=1S/C9H18N2O2/c1-6(2)11-7-3-4-8(9(10)12)13-5-7/h6-8,11H,3-5H2,1-2H3,(H2,10,12)/p+1. The monoisotopic (exact) mass is 187 g/mol. The quantitative estimate of drug-likeness (QED) is 0.614. The molecule has 0 aliphatic carbocycles. The first-order valence-corrected chi connectivity index (χ1v) is 4.83. The van der Waals surface area contributed by atoms with E-state index >= 15 is 0 Å². The van der Waals surface area contributed by atoms with Gasteiger partial charge in [0.15, 0.2) is 6.10 Å². The van der Waals surface area contributed by atoms with Crippen LogP contribution in [0.5, 0.6) is 0 Å². The Morgan fingerprint density at radius 3 is 2.62 bits per heavy atom. The maximum atomic E-state index is 10.9. The minimum atomic E-state index is -0.259. The first-order valence-electron chi connectivity index (χ1n) is 4.83. The summed E-state index contributed by atoms with van der Waals surface area (Å²) in [6, 6.07) is 0.871. The zero-order chi connectivity index (χ0) is 9.84. The molecular formula is C9H19N2O2+. The molecule has 1 aliphatic rings. The molecule has 1 rings (SSSR count). The van der Waals surface area contributed by atoms with Crippen LogP contribution in [0.1, 0.15) is 26.7 Å². The second-order valence-corrected chi connectivity index (χ2v) is 3.88. The van der Waals surface area contributed by atoms with E-state index in [1.165, 1.54) is 0 Å². The summed E-state index contributed by atoms with van der Waals surface area (Å²) >= 11 is 0. The van der Waals surface area contributed by atoms with Crippen LogP contribution in [0.3, 0.4) is 0 Å². The summed E-state index contributed by atoms with van der Waals surface area (Å²) in [5, 5.41) is 3.38. The number of quaternary nitrogens is 1. The third-order valence-corrected chi connectivity index (χ3v) is 2.20. The van der Waals surface area contributed by atoms with E-state index in [1.54, 1.807) is 0 Å². The van der Waals surface area contributed by atoms with Gasteiger partial charge in [-0.25, -0.2) is 4.79 Å². The van der Waals surface area contributed by atoms with Crippen molar-refractivity contribution in [1.82, 2.24) is 5.32 Å². The van der Waals surface area contributed by atoms with Gasteiger partial charge in [-0.2, -0.15) is 0 Å². The van der Waals surface area contributed by atoms with Gasteiger partial charge in [0.25, 0.3) is 0 Å². The first kappa shape index (κ1) is 10.6. The molecule has 4 N–H and O–H groups in total. The molecule has 0 aromatic carbocycles. The van der Waals surface area contributed by atoms with Crippen molar-refractivity contribution < 1.29 is 15.3 Å². The van der Waals surface area contributed by atoms with Gasteiger partial charge in [-0.05, 0) is 12.8 Å². The SMILES string of the molecule is CC(C)NC1CCC(C([NH3+])=O)OC1. The van der Waals surface area contributed by atoms with Crippen LogP contribution >= 0.6 is 0 Å². The second kappa shape index (κ2) is 4.69. The van der Waals surface area contributed by atoms with Crippen LogP contribution in [0.15, 0.2) is 0 Å². The molecule has 1 fully saturated rings. The summed E-state index contributed by atoms with van der Waals surface area (Å²) in [5.41, 5.74) is 3.36. The van der Waals surface area contributed by atoms with Crippen molar-refractivity contribution in [3.05, 3.63) is 0 Å². The molecule has 1 amide bonds. The van der Waals surface area contributed by atoms with Gasteiger partial charge < -0.3 is 10.1 Å². The Balaban J connectivity index is 2.26. The third kappa shape index (κ3) is 3.42. The van der Waals surface area contributed by atoms with Gasteiger partial charge in [0.05, 0.1) is 6.61 Å². The molecule has 0 aromatic heterocycles. The Bertz CT molecular complexity index is 174. The van der Waals surface area contributed by atoms with E-state index in [2.05, 4.69) is 24.9 Å².